The van der Waals surface area contributed by atoms with E-state index in [2.05, 4.69) is 10.5 Å². The lowest BCUT2D eigenvalue weighted by Gasteiger charge is -2.10. The Kier molecular flexibility index (Phi) is 6.45. The fraction of sp³-hybridized carbons (Fsp3) is 0.160. The molecular weight excluding hydrogens is 452 g/mol. The number of fused-ring (bicyclic) bond motifs is 1. The van der Waals surface area contributed by atoms with Crippen molar-refractivity contribution >= 4 is 34.7 Å². The Hall–Kier alpha value is -4.73. The molecule has 0 aliphatic carbocycles. The Morgan fingerprint density at radius 1 is 1.14 bits per heavy atom. The van der Waals surface area contributed by atoms with E-state index in [1.807, 2.05) is 36.6 Å². The first-order chi connectivity index (χ1) is 16.8. The molecule has 10 heteroatoms. The third-order valence-electron chi connectivity index (χ3n) is 5.41. The van der Waals surface area contributed by atoms with Crippen LogP contribution in [-0.4, -0.2) is 34.2 Å². The molecule has 0 spiro atoms. The number of carbonyl (C=O) groups is 2. The average molecular weight is 474 g/mol. The van der Waals surface area contributed by atoms with Gasteiger partial charge in [0.25, 0.3) is 5.69 Å². The van der Waals surface area contributed by atoms with Crippen LogP contribution in [0.1, 0.15) is 44.8 Å². The molecule has 35 heavy (non-hydrogen) atoms. The fourth-order valence-electron chi connectivity index (χ4n) is 3.75. The van der Waals surface area contributed by atoms with Crippen molar-refractivity contribution in [1.29, 1.82) is 0 Å². The lowest BCUT2D eigenvalue weighted by molar-refractivity contribution is -0.384. The second-order valence-electron chi connectivity index (χ2n) is 7.72. The van der Waals surface area contributed by atoms with Crippen molar-refractivity contribution in [2.75, 3.05) is 6.61 Å². The number of carbonyl (C=O) groups excluding carboxylic acids is 2. The van der Waals surface area contributed by atoms with Crippen LogP contribution in [0.15, 0.2) is 64.1 Å². The van der Waals surface area contributed by atoms with Gasteiger partial charge in [0.15, 0.2) is 5.76 Å². The molecule has 0 saturated heterocycles. The highest BCUT2D eigenvalue weighted by Gasteiger charge is 2.15. The zero-order valence-electron chi connectivity index (χ0n) is 19.3. The number of aromatic nitrogens is 1. The number of nitrogens with zero attached hydrogens (tertiary/aromatic N) is 3. The number of nitro groups is 1. The minimum Gasteiger partial charge on any atom is -0.462 e. The Labute approximate surface area is 200 Å². The van der Waals surface area contributed by atoms with E-state index < -0.39 is 10.8 Å². The van der Waals surface area contributed by atoms with Gasteiger partial charge in [0.1, 0.15) is 5.58 Å². The van der Waals surface area contributed by atoms with Crippen LogP contribution in [0.25, 0.3) is 16.7 Å². The molecule has 1 amide bonds. The number of rotatable bonds is 7. The second-order valence-corrected chi connectivity index (χ2v) is 7.72. The van der Waals surface area contributed by atoms with Gasteiger partial charge in [-0.1, -0.05) is 0 Å². The minimum absolute atomic E-state index is 0.00944. The molecule has 0 radical (unpaired) electrons. The summed E-state index contributed by atoms with van der Waals surface area (Å²) in [4.78, 5) is 34.7. The van der Waals surface area contributed by atoms with Gasteiger partial charge in [0, 0.05) is 40.2 Å². The summed E-state index contributed by atoms with van der Waals surface area (Å²) < 4.78 is 12.5. The van der Waals surface area contributed by atoms with E-state index in [-0.39, 0.29) is 17.4 Å². The molecule has 178 valence electrons. The van der Waals surface area contributed by atoms with Gasteiger partial charge >= 0.3 is 11.9 Å². The van der Waals surface area contributed by atoms with Crippen molar-refractivity contribution in [3.05, 3.63) is 93.0 Å². The lowest BCUT2D eigenvalue weighted by atomic mass is 10.2. The van der Waals surface area contributed by atoms with Crippen LogP contribution < -0.4 is 5.43 Å². The predicted octanol–water partition coefficient (Wildman–Crippen LogP) is 4.69. The van der Waals surface area contributed by atoms with Crippen LogP contribution in [0.4, 0.5) is 5.69 Å². The Morgan fingerprint density at radius 2 is 1.89 bits per heavy atom. The molecule has 2 aromatic carbocycles. The molecule has 10 nitrogen and oxygen atoms in total. The zero-order chi connectivity index (χ0) is 25.1. The molecule has 2 heterocycles. The van der Waals surface area contributed by atoms with Crippen LogP contribution >= 0.6 is 0 Å². The van der Waals surface area contributed by atoms with Crippen molar-refractivity contribution in [2.45, 2.75) is 20.8 Å². The topological polar surface area (TPSA) is 129 Å². The molecule has 2 aromatic heterocycles. The van der Waals surface area contributed by atoms with Crippen molar-refractivity contribution in [3.8, 4) is 5.69 Å². The maximum atomic E-state index is 12.4. The minimum atomic E-state index is -0.580. The third kappa shape index (κ3) is 4.81. The number of ether oxygens (including phenoxy) is 1. The van der Waals surface area contributed by atoms with Crippen molar-refractivity contribution < 1.29 is 23.7 Å². The quantitative estimate of drug-likeness (QED) is 0.179. The number of nitrogens with one attached hydrogen (secondary N) is 1. The molecule has 0 fully saturated rings. The van der Waals surface area contributed by atoms with E-state index in [4.69, 9.17) is 9.15 Å². The number of furan rings is 1. The van der Waals surface area contributed by atoms with Gasteiger partial charge in [-0.15, -0.1) is 0 Å². The number of esters is 1. The molecule has 4 aromatic rings. The van der Waals surface area contributed by atoms with Crippen LogP contribution in [-0.2, 0) is 4.74 Å². The first-order valence-corrected chi connectivity index (χ1v) is 10.8. The summed E-state index contributed by atoms with van der Waals surface area (Å²) in [6, 6.07) is 14.5. The van der Waals surface area contributed by atoms with Crippen LogP contribution in [0.2, 0.25) is 0 Å². The van der Waals surface area contributed by atoms with E-state index >= 15 is 0 Å². The molecule has 0 aliphatic heterocycles. The van der Waals surface area contributed by atoms with E-state index in [1.54, 1.807) is 19.1 Å². The van der Waals surface area contributed by atoms with Crippen LogP contribution in [0, 0.1) is 24.0 Å². The third-order valence-corrected chi connectivity index (χ3v) is 5.41. The van der Waals surface area contributed by atoms with Gasteiger partial charge < -0.3 is 13.7 Å². The normalized spacial score (nSPS) is 11.2. The molecule has 0 aliphatic rings. The summed E-state index contributed by atoms with van der Waals surface area (Å²) in [6.45, 7) is 5.93. The summed E-state index contributed by atoms with van der Waals surface area (Å²) in [6.07, 6.45) is 1.53. The fourth-order valence-corrected chi connectivity index (χ4v) is 3.75. The van der Waals surface area contributed by atoms with Crippen LogP contribution in [0.5, 0.6) is 0 Å². The van der Waals surface area contributed by atoms with Gasteiger partial charge in [-0.3, -0.25) is 14.9 Å². The number of amides is 1. The number of nitro benzene ring substituents is 1. The number of aryl methyl sites for hydroxylation is 1. The highest BCUT2D eigenvalue weighted by molar-refractivity contribution is 5.97. The summed E-state index contributed by atoms with van der Waals surface area (Å²) in [5, 5.41) is 15.4. The summed E-state index contributed by atoms with van der Waals surface area (Å²) in [5.41, 5.74) is 6.65. The first kappa shape index (κ1) is 23.4. The number of hydrogen-bond donors (Lipinski definition) is 1. The summed E-state index contributed by atoms with van der Waals surface area (Å²) >= 11 is 0. The Bertz CT molecular complexity index is 1460. The molecule has 0 unspecified atom stereocenters. The maximum Gasteiger partial charge on any atom is 0.338 e. The second kappa shape index (κ2) is 9.64. The van der Waals surface area contributed by atoms with E-state index in [9.17, 15) is 19.7 Å². The van der Waals surface area contributed by atoms with Crippen LogP contribution in [0.3, 0.4) is 0 Å². The largest absolute Gasteiger partial charge is 0.462 e. The van der Waals surface area contributed by atoms with E-state index in [0.29, 0.717) is 23.1 Å². The molecule has 0 atom stereocenters. The number of hydrogen-bond acceptors (Lipinski definition) is 7. The van der Waals surface area contributed by atoms with Gasteiger partial charge in [-0.2, -0.15) is 5.10 Å². The summed E-state index contributed by atoms with van der Waals surface area (Å²) in [5.74, 6) is -0.959. The zero-order valence-corrected chi connectivity index (χ0v) is 19.3. The molecule has 4 rings (SSSR count). The standard InChI is InChI=1S/C25H22N4O6/c1-4-34-25(31)17-5-7-20(8-6-17)28-15(2)11-19(16(28)3)14-26-27-24(30)23-13-18-12-21(29(32)33)9-10-22(18)35-23/h5-14H,4H2,1-3H3,(H,27,30)/b26-14-. The number of benzene rings is 2. The van der Waals surface area contributed by atoms with Gasteiger partial charge in [0.05, 0.1) is 23.3 Å². The SMILES string of the molecule is CCOC(=O)c1ccc(-n2c(C)cc(/C=N\NC(=O)c3cc4cc([N+](=O)[O-])ccc4o3)c2C)cc1. The van der Waals surface area contributed by atoms with E-state index in [1.165, 1.54) is 30.5 Å². The Morgan fingerprint density at radius 3 is 2.57 bits per heavy atom. The monoisotopic (exact) mass is 474 g/mol. The van der Waals surface area contributed by atoms with Gasteiger partial charge in [-0.05, 0) is 63.2 Å². The molecule has 0 saturated carbocycles. The predicted molar refractivity (Wildman–Crippen MR) is 129 cm³/mol. The number of non-ortho nitro benzene ring substituents is 1. The summed E-state index contributed by atoms with van der Waals surface area (Å²) in [7, 11) is 0. The maximum absolute atomic E-state index is 12.4. The average Bonchev–Trinajstić information content (AvgIpc) is 3.39. The van der Waals surface area contributed by atoms with Gasteiger partial charge in [-0.25, -0.2) is 10.2 Å². The number of hydrazone groups is 1. The lowest BCUT2D eigenvalue weighted by Crippen LogP contribution is -2.16. The smallest absolute Gasteiger partial charge is 0.338 e. The molecule has 0 bridgehead atoms. The first-order valence-electron chi connectivity index (χ1n) is 10.8. The van der Waals surface area contributed by atoms with Crippen molar-refractivity contribution in [3.63, 3.8) is 0 Å². The van der Waals surface area contributed by atoms with Gasteiger partial charge in [0.2, 0.25) is 0 Å². The van der Waals surface area contributed by atoms with Crippen molar-refractivity contribution in [1.82, 2.24) is 9.99 Å². The molecule has 1 N–H and O–H groups in total. The molecular formula is C25H22N4O6. The van der Waals surface area contributed by atoms with Crippen molar-refractivity contribution in [2.24, 2.45) is 5.10 Å². The highest BCUT2D eigenvalue weighted by atomic mass is 16.6. The van der Waals surface area contributed by atoms with E-state index in [0.717, 1.165) is 22.6 Å². The Balaban J connectivity index is 1.49. The highest BCUT2D eigenvalue weighted by Crippen LogP contribution is 2.24.